The van der Waals surface area contributed by atoms with Crippen LogP contribution in [0.5, 0.6) is 0 Å². The molecule has 0 saturated carbocycles. The third-order valence-corrected chi connectivity index (χ3v) is 10.5. The summed E-state index contributed by atoms with van der Waals surface area (Å²) in [6.45, 7) is 5.42. The Morgan fingerprint density at radius 2 is 1.00 bits per heavy atom. The van der Waals surface area contributed by atoms with Gasteiger partial charge in [-0.1, -0.05) is 164 Å². The summed E-state index contributed by atoms with van der Waals surface area (Å²) in [7, 11) is 1.64. The zero-order chi connectivity index (χ0) is 42.7. The average Bonchev–Trinajstić information content (AvgIpc) is 3.18. The molecule has 8 nitrogen and oxygen atoms in total. The van der Waals surface area contributed by atoms with E-state index in [1.807, 2.05) is 21.1 Å². The highest BCUT2D eigenvalue weighted by Gasteiger charge is 2.26. The second-order valence-electron chi connectivity index (χ2n) is 16.4. The molecule has 2 atom stereocenters. The van der Waals surface area contributed by atoms with Crippen LogP contribution in [0.1, 0.15) is 174 Å². The molecule has 336 valence electrons. The van der Waals surface area contributed by atoms with Crippen molar-refractivity contribution in [1.82, 2.24) is 0 Å². The van der Waals surface area contributed by atoms with Gasteiger partial charge in [0, 0.05) is 13.0 Å². The van der Waals surface area contributed by atoms with E-state index in [1.54, 1.807) is 0 Å². The second-order valence-corrected chi connectivity index (χ2v) is 17.9. The van der Waals surface area contributed by atoms with Crippen LogP contribution < -0.4 is 0 Å². The maximum absolute atomic E-state index is 12.7. The lowest BCUT2D eigenvalue weighted by Crippen LogP contribution is -2.37. The Labute approximate surface area is 357 Å². The van der Waals surface area contributed by atoms with E-state index in [0.717, 1.165) is 83.5 Å². The largest absolute Gasteiger partial charge is 0.472 e. The van der Waals surface area contributed by atoms with Gasteiger partial charge in [0.2, 0.25) is 0 Å². The minimum atomic E-state index is -4.29. The Hall–Kier alpha value is -2.06. The molecule has 0 spiro atoms. The summed E-state index contributed by atoms with van der Waals surface area (Å²) in [5.74, 6) is -0.333. The van der Waals surface area contributed by atoms with Gasteiger partial charge < -0.3 is 18.9 Å². The van der Waals surface area contributed by atoms with E-state index in [9.17, 15) is 14.3 Å². The Morgan fingerprint density at radius 1 is 0.552 bits per heavy atom. The molecule has 0 fully saturated rings. The molecule has 0 aromatic rings. The van der Waals surface area contributed by atoms with Crippen molar-refractivity contribution in [2.24, 2.45) is 0 Å². The van der Waals surface area contributed by atoms with Crippen molar-refractivity contribution in [3.05, 3.63) is 72.9 Å². The first-order valence-electron chi connectivity index (χ1n) is 23.2. The standard InChI is InChI=1S/C49H88NO7P/c1-6-8-10-12-14-16-18-20-22-23-24-25-26-27-28-29-31-33-35-37-39-41-44-54-46-48(47-56-58(52,53)55-45-43-50(3,4)5)57-49(51)42-40-38-36-34-32-30-21-19-17-15-13-11-9-7-2/h8,10,13-16,19-22,24-25,48H,6-7,9,11-12,17-18,23,26-47H2,1-5H3/p+1/b10-8-,15-13-,16-14-,21-19-,22-20-,25-24-. The van der Waals surface area contributed by atoms with Crippen LogP contribution in [0.15, 0.2) is 72.9 Å². The molecular formula is C49H89NO7P+. The smallest absolute Gasteiger partial charge is 0.457 e. The van der Waals surface area contributed by atoms with Crippen LogP contribution in [-0.4, -0.2) is 75.6 Å². The van der Waals surface area contributed by atoms with E-state index >= 15 is 0 Å². The molecule has 0 radical (unpaired) electrons. The summed E-state index contributed by atoms with van der Waals surface area (Å²) in [4.78, 5) is 22.9. The number of nitrogens with zero attached hydrogens (tertiary/aromatic N) is 1. The SMILES string of the molecule is CC/C=C\C/C=C\C/C=C\C/C=C\CCCCCCCCCCCOCC(COP(=O)(O)OCC[N+](C)(C)C)OC(=O)CCCCCCC/C=C\C/C=C\CCCC. The highest BCUT2D eigenvalue weighted by Crippen LogP contribution is 2.43. The quantitative estimate of drug-likeness (QED) is 0.0215. The van der Waals surface area contributed by atoms with Gasteiger partial charge in [-0.05, 0) is 77.0 Å². The number of carbonyl (C=O) groups is 1. The number of phosphoric ester groups is 1. The molecule has 0 aromatic heterocycles. The molecule has 0 rings (SSSR count). The fourth-order valence-electron chi connectivity index (χ4n) is 5.91. The summed E-state index contributed by atoms with van der Waals surface area (Å²) >= 11 is 0. The van der Waals surface area contributed by atoms with Crippen molar-refractivity contribution in [2.45, 2.75) is 180 Å². The van der Waals surface area contributed by atoms with Gasteiger partial charge in [-0.25, -0.2) is 4.57 Å². The third-order valence-electron chi connectivity index (χ3n) is 9.50. The van der Waals surface area contributed by atoms with Crippen LogP contribution >= 0.6 is 7.82 Å². The number of hydrogen-bond acceptors (Lipinski definition) is 6. The lowest BCUT2D eigenvalue weighted by molar-refractivity contribution is -0.870. The number of ether oxygens (including phenoxy) is 2. The Bertz CT molecular complexity index is 1150. The molecule has 0 amide bonds. The molecule has 0 bridgehead atoms. The second kappa shape index (κ2) is 41.7. The number of esters is 1. The average molecular weight is 835 g/mol. The van der Waals surface area contributed by atoms with E-state index in [4.69, 9.17) is 18.5 Å². The van der Waals surface area contributed by atoms with Crippen LogP contribution in [0.2, 0.25) is 0 Å². The predicted octanol–water partition coefficient (Wildman–Crippen LogP) is 13.9. The number of carbonyl (C=O) groups excluding carboxylic acids is 1. The first-order valence-corrected chi connectivity index (χ1v) is 24.7. The number of allylic oxidation sites excluding steroid dienone is 12. The molecule has 0 heterocycles. The fourth-order valence-corrected chi connectivity index (χ4v) is 6.65. The molecule has 1 N–H and O–H groups in total. The van der Waals surface area contributed by atoms with Gasteiger partial charge in [0.25, 0.3) is 0 Å². The van der Waals surface area contributed by atoms with Gasteiger partial charge in [-0.15, -0.1) is 0 Å². The summed E-state index contributed by atoms with van der Waals surface area (Å²) in [6, 6.07) is 0. The summed E-state index contributed by atoms with van der Waals surface area (Å²) in [6.07, 6.45) is 53.6. The van der Waals surface area contributed by atoms with E-state index < -0.39 is 13.9 Å². The van der Waals surface area contributed by atoms with Crippen molar-refractivity contribution in [1.29, 1.82) is 0 Å². The van der Waals surface area contributed by atoms with E-state index in [2.05, 4.69) is 86.8 Å². The van der Waals surface area contributed by atoms with E-state index in [1.165, 1.54) is 70.6 Å². The molecule has 9 heteroatoms. The summed E-state index contributed by atoms with van der Waals surface area (Å²) in [5, 5.41) is 0. The number of hydrogen-bond donors (Lipinski definition) is 1. The van der Waals surface area contributed by atoms with Crippen LogP contribution in [0.4, 0.5) is 0 Å². The minimum Gasteiger partial charge on any atom is -0.457 e. The van der Waals surface area contributed by atoms with Crippen molar-refractivity contribution < 1.29 is 37.3 Å². The van der Waals surface area contributed by atoms with Crippen molar-refractivity contribution in [3.63, 3.8) is 0 Å². The van der Waals surface area contributed by atoms with Gasteiger partial charge in [0.15, 0.2) is 0 Å². The van der Waals surface area contributed by atoms with Crippen LogP contribution in [0.3, 0.4) is 0 Å². The maximum Gasteiger partial charge on any atom is 0.472 e. The fraction of sp³-hybridized carbons (Fsp3) is 0.735. The van der Waals surface area contributed by atoms with Crippen molar-refractivity contribution in [2.75, 3.05) is 54.1 Å². The topological polar surface area (TPSA) is 91.3 Å². The monoisotopic (exact) mass is 835 g/mol. The Balaban J connectivity index is 4.21. The Kier molecular flexibility index (Phi) is 40.2. The normalized spacial score (nSPS) is 14.4. The third kappa shape index (κ3) is 45.0. The number of unbranched alkanes of at least 4 members (excludes halogenated alkanes) is 16. The number of likely N-dealkylation sites (N-methyl/N-ethyl adjacent to an activating group) is 1. The van der Waals surface area contributed by atoms with Crippen LogP contribution in [0, 0.1) is 0 Å². The molecule has 0 aliphatic heterocycles. The van der Waals surface area contributed by atoms with E-state index in [0.29, 0.717) is 24.1 Å². The lowest BCUT2D eigenvalue weighted by atomic mass is 10.1. The molecule has 2 unspecified atom stereocenters. The van der Waals surface area contributed by atoms with Crippen molar-refractivity contribution >= 4 is 13.8 Å². The van der Waals surface area contributed by atoms with Crippen LogP contribution in [-0.2, 0) is 27.9 Å². The zero-order valence-corrected chi connectivity index (χ0v) is 38.9. The minimum absolute atomic E-state index is 0.0810. The summed E-state index contributed by atoms with van der Waals surface area (Å²) in [5.41, 5.74) is 0. The number of quaternary nitrogens is 1. The first kappa shape index (κ1) is 55.9. The highest BCUT2D eigenvalue weighted by atomic mass is 31.2. The van der Waals surface area contributed by atoms with Gasteiger partial charge >= 0.3 is 13.8 Å². The van der Waals surface area contributed by atoms with Gasteiger partial charge in [-0.3, -0.25) is 13.8 Å². The van der Waals surface area contributed by atoms with E-state index in [-0.39, 0.29) is 25.8 Å². The lowest BCUT2D eigenvalue weighted by Gasteiger charge is -2.24. The molecule has 0 aliphatic carbocycles. The zero-order valence-electron chi connectivity index (χ0n) is 38.0. The number of phosphoric acid groups is 1. The van der Waals surface area contributed by atoms with Gasteiger partial charge in [-0.2, -0.15) is 0 Å². The van der Waals surface area contributed by atoms with Gasteiger partial charge in [0.1, 0.15) is 19.3 Å². The molecule has 58 heavy (non-hydrogen) atoms. The molecule has 0 aromatic carbocycles. The van der Waals surface area contributed by atoms with Gasteiger partial charge in [0.05, 0.1) is 34.4 Å². The number of rotatable bonds is 42. The van der Waals surface area contributed by atoms with Crippen LogP contribution in [0.25, 0.3) is 0 Å². The maximum atomic E-state index is 12.7. The molecular weight excluding hydrogens is 746 g/mol. The Morgan fingerprint density at radius 3 is 1.50 bits per heavy atom. The molecule has 0 saturated heterocycles. The molecule has 0 aliphatic rings. The first-order chi connectivity index (χ1) is 28.1. The van der Waals surface area contributed by atoms with Crippen molar-refractivity contribution in [3.8, 4) is 0 Å². The summed E-state index contributed by atoms with van der Waals surface area (Å²) < 4.78 is 35.0. The predicted molar refractivity (Wildman–Crippen MR) is 247 cm³/mol. The highest BCUT2D eigenvalue weighted by molar-refractivity contribution is 7.47.